The normalized spacial score (nSPS) is 13.0. The van der Waals surface area contributed by atoms with Gasteiger partial charge in [-0.1, -0.05) is 0 Å². The summed E-state index contributed by atoms with van der Waals surface area (Å²) in [4.78, 5) is 11.4. The second-order valence-electron chi connectivity index (χ2n) is 4.45. The van der Waals surface area contributed by atoms with Crippen LogP contribution in [0.3, 0.4) is 0 Å². The summed E-state index contributed by atoms with van der Waals surface area (Å²) in [5.41, 5.74) is 0. The van der Waals surface area contributed by atoms with Gasteiger partial charge in [0, 0.05) is 0 Å². The Kier molecular flexibility index (Phi) is 6.49. The first-order valence-corrected chi connectivity index (χ1v) is 6.96. The highest BCUT2D eigenvalue weighted by Gasteiger charge is 2.27. The summed E-state index contributed by atoms with van der Waals surface area (Å²) in [6.45, 7) is 4.63. The van der Waals surface area contributed by atoms with Crippen LogP contribution in [0.1, 0.15) is 20.8 Å². The number of carbonyl (C=O) groups is 1. The summed E-state index contributed by atoms with van der Waals surface area (Å²) < 4.78 is 74.6. The second kappa shape index (κ2) is 7.69. The molecule has 0 bridgehead atoms. The lowest BCUT2D eigenvalue weighted by molar-refractivity contribution is -0.148. The lowest BCUT2D eigenvalue weighted by Gasteiger charge is -2.15. The van der Waals surface area contributed by atoms with E-state index in [1.165, 1.54) is 6.92 Å². The van der Waals surface area contributed by atoms with Crippen molar-refractivity contribution >= 4 is 14.9 Å². The van der Waals surface area contributed by atoms with Crippen LogP contribution in [0.15, 0.2) is 0 Å². The maximum absolute atomic E-state index is 13.3. The van der Waals surface area contributed by atoms with Crippen LogP contribution in [-0.4, -0.2) is 18.1 Å². The average molecular weight is 345 g/mol. The van der Waals surface area contributed by atoms with Gasteiger partial charge in [0.25, 0.3) is 0 Å². The lowest BCUT2D eigenvalue weighted by Crippen LogP contribution is -2.32. The highest BCUT2D eigenvalue weighted by molar-refractivity contribution is 7.30. The quantitative estimate of drug-likeness (QED) is 0.283. The van der Waals surface area contributed by atoms with Gasteiger partial charge in [0.1, 0.15) is 15.0 Å². The van der Waals surface area contributed by atoms with E-state index in [4.69, 9.17) is 4.74 Å². The molecular formula is C12H13F5NO3P. The Bertz CT molecular complexity index is 541. The highest BCUT2D eigenvalue weighted by Crippen LogP contribution is 2.32. The van der Waals surface area contributed by atoms with E-state index in [-0.39, 0.29) is 6.10 Å². The number of ether oxygens (including phenoxy) is 1. The Morgan fingerprint density at radius 1 is 0.955 bits per heavy atom. The van der Waals surface area contributed by atoms with Crippen molar-refractivity contribution in [2.45, 2.75) is 32.9 Å². The largest absolute Gasteiger partial charge is 0.462 e. The number of halogens is 5. The van der Waals surface area contributed by atoms with Gasteiger partial charge in [0.15, 0.2) is 0 Å². The van der Waals surface area contributed by atoms with Crippen LogP contribution in [0.4, 0.5) is 22.0 Å². The Morgan fingerprint density at radius 2 is 1.41 bits per heavy atom. The summed E-state index contributed by atoms with van der Waals surface area (Å²) >= 11 is 0. The number of benzene rings is 1. The van der Waals surface area contributed by atoms with E-state index in [2.05, 4.69) is 9.61 Å². The van der Waals surface area contributed by atoms with Crippen LogP contribution in [-0.2, 0) is 9.53 Å². The van der Waals surface area contributed by atoms with Gasteiger partial charge in [-0.05, 0) is 20.8 Å². The minimum atomic E-state index is -2.27. The van der Waals surface area contributed by atoms with Gasteiger partial charge in [-0.25, -0.2) is 13.2 Å². The molecule has 1 aromatic carbocycles. The van der Waals surface area contributed by atoms with Gasteiger partial charge in [0.05, 0.1) is 6.10 Å². The number of carbonyl (C=O) groups excluding carboxylic acids is 1. The summed E-state index contributed by atoms with van der Waals surface area (Å²) in [7, 11) is -0.925. The molecule has 0 fully saturated rings. The van der Waals surface area contributed by atoms with Crippen LogP contribution >= 0.6 is 8.96 Å². The maximum Gasteiger partial charge on any atom is 0.323 e. The van der Waals surface area contributed by atoms with Crippen LogP contribution in [0.25, 0.3) is 0 Å². The molecule has 124 valence electrons. The molecule has 1 aromatic rings. The molecule has 0 aliphatic carbocycles. The molecule has 0 heterocycles. The van der Waals surface area contributed by atoms with Crippen molar-refractivity contribution in [3.05, 3.63) is 29.1 Å². The number of hydrogen-bond acceptors (Lipinski definition) is 4. The molecule has 0 saturated heterocycles. The maximum atomic E-state index is 13.3. The van der Waals surface area contributed by atoms with E-state index in [0.29, 0.717) is 0 Å². The molecule has 10 heteroatoms. The summed E-state index contributed by atoms with van der Waals surface area (Å²) in [6.07, 6.45) is -0.365. The fourth-order valence-corrected chi connectivity index (χ4v) is 1.87. The topological polar surface area (TPSA) is 47.6 Å². The van der Waals surface area contributed by atoms with Gasteiger partial charge in [-0.2, -0.15) is 8.78 Å². The number of hydrogen-bond donors (Lipinski definition) is 1. The molecule has 0 saturated carbocycles. The Morgan fingerprint density at radius 3 is 1.86 bits per heavy atom. The number of esters is 1. The third-order valence-corrected chi connectivity index (χ3v) is 3.16. The van der Waals surface area contributed by atoms with E-state index in [1.807, 2.05) is 0 Å². The molecule has 1 rings (SSSR count). The van der Waals surface area contributed by atoms with Crippen molar-refractivity contribution in [3.8, 4) is 5.75 Å². The van der Waals surface area contributed by atoms with E-state index < -0.39 is 55.8 Å². The number of nitrogens with one attached hydrogen (secondary N) is 1. The minimum Gasteiger partial charge on any atom is -0.462 e. The zero-order valence-corrected chi connectivity index (χ0v) is 12.8. The zero-order chi connectivity index (χ0) is 17.0. The summed E-state index contributed by atoms with van der Waals surface area (Å²) in [5, 5.41) is 2.40. The van der Waals surface area contributed by atoms with Gasteiger partial charge in [-0.15, -0.1) is 0 Å². The van der Waals surface area contributed by atoms with E-state index in [9.17, 15) is 26.7 Å². The predicted molar refractivity (Wildman–Crippen MR) is 69.0 cm³/mol. The minimum absolute atomic E-state index is 0.365. The molecular weight excluding hydrogens is 332 g/mol. The van der Waals surface area contributed by atoms with Gasteiger partial charge < -0.3 is 9.26 Å². The molecule has 4 nitrogen and oxygen atoms in total. The fourth-order valence-electron chi connectivity index (χ4n) is 1.24. The SMILES string of the molecule is CC(C)OC(=O)C(C)NPOc1c(F)c(F)c(F)c(F)c1F. The molecule has 0 radical (unpaired) electrons. The first-order chi connectivity index (χ1) is 10.2. The molecule has 2 unspecified atom stereocenters. The molecule has 0 amide bonds. The van der Waals surface area contributed by atoms with E-state index in [0.717, 1.165) is 0 Å². The first kappa shape index (κ1) is 18.6. The zero-order valence-electron chi connectivity index (χ0n) is 11.8. The van der Waals surface area contributed by atoms with Crippen molar-refractivity contribution in [3.63, 3.8) is 0 Å². The molecule has 1 N–H and O–H groups in total. The molecule has 22 heavy (non-hydrogen) atoms. The Balaban J connectivity index is 2.72. The van der Waals surface area contributed by atoms with Gasteiger partial charge >= 0.3 is 5.97 Å². The monoisotopic (exact) mass is 345 g/mol. The summed E-state index contributed by atoms with van der Waals surface area (Å²) in [5.74, 6) is -12.7. The highest BCUT2D eigenvalue weighted by atomic mass is 31.1. The first-order valence-electron chi connectivity index (χ1n) is 6.06. The van der Waals surface area contributed by atoms with Crippen LogP contribution in [0.5, 0.6) is 5.75 Å². The molecule has 0 aliphatic rings. The molecule has 0 aromatic heterocycles. The molecule has 2 atom stereocenters. The summed E-state index contributed by atoms with van der Waals surface area (Å²) in [6, 6.07) is -0.887. The third-order valence-electron chi connectivity index (χ3n) is 2.30. The number of rotatable bonds is 6. The van der Waals surface area contributed by atoms with Crippen LogP contribution < -0.4 is 9.61 Å². The molecule has 0 spiro atoms. The molecule has 0 aliphatic heterocycles. The van der Waals surface area contributed by atoms with Gasteiger partial charge in [0.2, 0.25) is 34.8 Å². The smallest absolute Gasteiger partial charge is 0.323 e. The Labute approximate surface area is 124 Å². The van der Waals surface area contributed by atoms with Crippen LogP contribution in [0, 0.1) is 29.1 Å². The van der Waals surface area contributed by atoms with E-state index in [1.54, 1.807) is 13.8 Å². The van der Waals surface area contributed by atoms with Crippen molar-refractivity contribution < 1.29 is 36.0 Å². The fraction of sp³-hybridized carbons (Fsp3) is 0.417. The van der Waals surface area contributed by atoms with Crippen molar-refractivity contribution in [1.82, 2.24) is 5.09 Å². The lowest BCUT2D eigenvalue weighted by atomic mass is 10.3. The van der Waals surface area contributed by atoms with Gasteiger partial charge in [-0.3, -0.25) is 9.88 Å². The standard InChI is InChI=1S/C12H13F5NO3P/c1-4(2)20-12(19)5(3)18-22-21-11-9(16)7(14)6(13)8(15)10(11)17/h4-5,18,22H,1-3H3. The van der Waals surface area contributed by atoms with Crippen molar-refractivity contribution in [2.24, 2.45) is 0 Å². The van der Waals surface area contributed by atoms with E-state index >= 15 is 0 Å². The average Bonchev–Trinajstić information content (AvgIpc) is 2.45. The Hall–Kier alpha value is -1.47. The second-order valence-corrected chi connectivity index (χ2v) is 5.15. The third kappa shape index (κ3) is 4.27. The van der Waals surface area contributed by atoms with Crippen molar-refractivity contribution in [2.75, 3.05) is 0 Å². The van der Waals surface area contributed by atoms with Crippen LogP contribution in [0.2, 0.25) is 0 Å². The van der Waals surface area contributed by atoms with Crippen molar-refractivity contribution in [1.29, 1.82) is 0 Å². The predicted octanol–water partition coefficient (Wildman–Crippen LogP) is 3.20.